The maximum atomic E-state index is 12.0. The number of hydrogen-bond acceptors (Lipinski definition) is 3. The van der Waals surface area contributed by atoms with Gasteiger partial charge in [-0.05, 0) is 32.0 Å². The number of nitrogens with one attached hydrogen (secondary N) is 1. The van der Waals surface area contributed by atoms with Gasteiger partial charge in [-0.25, -0.2) is 4.79 Å². The summed E-state index contributed by atoms with van der Waals surface area (Å²) in [5.74, 6) is 0.393. The number of aryl methyl sites for hydroxylation is 1. The standard InChI is InChI=1S/C15H17NO3/c1-4-8-19-11-6-7-13-12(9-11)14(10(3)16-13)15(17)18-5-2/h4,6-7,9,16H,1,5,8H2,2-3H3. The van der Waals surface area contributed by atoms with Gasteiger partial charge in [0, 0.05) is 16.6 Å². The van der Waals surface area contributed by atoms with Crippen molar-refractivity contribution >= 4 is 16.9 Å². The minimum atomic E-state index is -0.313. The van der Waals surface area contributed by atoms with Crippen LogP contribution in [-0.4, -0.2) is 24.2 Å². The Kier molecular flexibility index (Phi) is 3.90. The van der Waals surface area contributed by atoms with Crippen molar-refractivity contribution in [3.05, 3.63) is 42.1 Å². The molecule has 19 heavy (non-hydrogen) atoms. The molecule has 0 aliphatic rings. The molecule has 2 rings (SSSR count). The number of fused-ring (bicyclic) bond motifs is 1. The molecule has 1 aromatic carbocycles. The van der Waals surface area contributed by atoms with Crippen molar-refractivity contribution < 1.29 is 14.3 Å². The average molecular weight is 259 g/mol. The topological polar surface area (TPSA) is 51.3 Å². The van der Waals surface area contributed by atoms with Crippen molar-refractivity contribution in [2.24, 2.45) is 0 Å². The predicted molar refractivity (Wildman–Crippen MR) is 74.7 cm³/mol. The van der Waals surface area contributed by atoms with Gasteiger partial charge in [-0.15, -0.1) is 0 Å². The van der Waals surface area contributed by atoms with Gasteiger partial charge in [0.05, 0.1) is 12.2 Å². The highest BCUT2D eigenvalue weighted by atomic mass is 16.5. The summed E-state index contributed by atoms with van der Waals surface area (Å²) in [6.07, 6.45) is 1.68. The molecule has 1 aromatic heterocycles. The van der Waals surface area contributed by atoms with Crippen LogP contribution in [-0.2, 0) is 4.74 Å². The first kappa shape index (κ1) is 13.2. The second-order valence-corrected chi connectivity index (χ2v) is 4.15. The predicted octanol–water partition coefficient (Wildman–Crippen LogP) is 3.22. The van der Waals surface area contributed by atoms with E-state index in [0.717, 1.165) is 16.6 Å². The fourth-order valence-electron chi connectivity index (χ4n) is 2.02. The zero-order chi connectivity index (χ0) is 13.8. The Morgan fingerprint density at radius 1 is 1.47 bits per heavy atom. The summed E-state index contributed by atoms with van der Waals surface area (Å²) >= 11 is 0. The summed E-state index contributed by atoms with van der Waals surface area (Å²) in [5.41, 5.74) is 2.27. The van der Waals surface area contributed by atoms with Crippen molar-refractivity contribution in [1.29, 1.82) is 0 Å². The van der Waals surface area contributed by atoms with Crippen LogP contribution in [0.2, 0.25) is 0 Å². The molecule has 1 heterocycles. The maximum Gasteiger partial charge on any atom is 0.340 e. The molecule has 4 heteroatoms. The summed E-state index contributed by atoms with van der Waals surface area (Å²) in [7, 11) is 0. The van der Waals surface area contributed by atoms with E-state index >= 15 is 0 Å². The van der Waals surface area contributed by atoms with Crippen molar-refractivity contribution in [2.45, 2.75) is 13.8 Å². The molecule has 1 N–H and O–H groups in total. The fourth-order valence-corrected chi connectivity index (χ4v) is 2.02. The normalized spacial score (nSPS) is 10.4. The lowest BCUT2D eigenvalue weighted by Gasteiger charge is -2.04. The summed E-state index contributed by atoms with van der Waals surface area (Å²) < 4.78 is 10.6. The zero-order valence-corrected chi connectivity index (χ0v) is 11.2. The first-order valence-electron chi connectivity index (χ1n) is 6.20. The van der Waals surface area contributed by atoms with Crippen molar-refractivity contribution in [1.82, 2.24) is 4.98 Å². The number of hydrogen-bond donors (Lipinski definition) is 1. The average Bonchev–Trinajstić information content (AvgIpc) is 2.71. The third kappa shape index (κ3) is 2.62. The van der Waals surface area contributed by atoms with Crippen LogP contribution >= 0.6 is 0 Å². The van der Waals surface area contributed by atoms with Crippen LogP contribution in [0.5, 0.6) is 5.75 Å². The van der Waals surface area contributed by atoms with Crippen LogP contribution in [0.1, 0.15) is 23.0 Å². The van der Waals surface area contributed by atoms with E-state index in [4.69, 9.17) is 9.47 Å². The molecule has 0 atom stereocenters. The third-order valence-corrected chi connectivity index (χ3v) is 2.80. The van der Waals surface area contributed by atoms with Gasteiger partial charge in [0.2, 0.25) is 0 Å². The van der Waals surface area contributed by atoms with E-state index in [1.54, 1.807) is 13.0 Å². The van der Waals surface area contributed by atoms with Gasteiger partial charge < -0.3 is 14.5 Å². The first-order chi connectivity index (χ1) is 9.17. The Morgan fingerprint density at radius 2 is 2.26 bits per heavy atom. The third-order valence-electron chi connectivity index (χ3n) is 2.80. The summed E-state index contributed by atoms with van der Waals surface area (Å²) in [6.45, 7) is 8.05. The number of rotatable bonds is 5. The highest BCUT2D eigenvalue weighted by Crippen LogP contribution is 2.27. The van der Waals surface area contributed by atoms with Crippen molar-refractivity contribution in [3.8, 4) is 5.75 Å². The van der Waals surface area contributed by atoms with E-state index in [1.807, 2.05) is 25.1 Å². The zero-order valence-electron chi connectivity index (χ0n) is 11.2. The molecule has 0 radical (unpaired) electrons. The maximum absolute atomic E-state index is 12.0. The quantitative estimate of drug-likeness (QED) is 0.662. The van der Waals surface area contributed by atoms with Crippen LogP contribution < -0.4 is 4.74 Å². The molecule has 0 saturated heterocycles. The summed E-state index contributed by atoms with van der Waals surface area (Å²) in [5, 5.41) is 0.817. The Hall–Kier alpha value is -2.23. The molecule has 0 saturated carbocycles. The molecule has 0 fully saturated rings. The number of esters is 1. The molecule has 0 bridgehead atoms. The SMILES string of the molecule is C=CCOc1ccc2[nH]c(C)c(C(=O)OCC)c2c1. The highest BCUT2D eigenvalue weighted by Gasteiger charge is 2.17. The molecular weight excluding hydrogens is 242 g/mol. The number of carbonyl (C=O) groups is 1. The van der Waals surface area contributed by atoms with Crippen molar-refractivity contribution in [2.75, 3.05) is 13.2 Å². The molecular formula is C15H17NO3. The van der Waals surface area contributed by atoms with Gasteiger partial charge in [-0.1, -0.05) is 12.7 Å². The van der Waals surface area contributed by atoms with E-state index in [2.05, 4.69) is 11.6 Å². The number of aromatic amines is 1. The summed E-state index contributed by atoms with van der Waals surface area (Å²) in [4.78, 5) is 15.1. The fraction of sp³-hybridized carbons (Fsp3) is 0.267. The molecule has 0 spiro atoms. The lowest BCUT2D eigenvalue weighted by Crippen LogP contribution is -2.05. The van der Waals surface area contributed by atoms with Crippen LogP contribution in [0.15, 0.2) is 30.9 Å². The van der Waals surface area contributed by atoms with Gasteiger partial charge >= 0.3 is 5.97 Å². The molecule has 100 valence electrons. The van der Waals surface area contributed by atoms with Crippen LogP contribution in [0, 0.1) is 6.92 Å². The monoisotopic (exact) mass is 259 g/mol. The number of aromatic nitrogens is 1. The number of benzene rings is 1. The Balaban J connectivity index is 2.46. The highest BCUT2D eigenvalue weighted by molar-refractivity contribution is 6.05. The van der Waals surface area contributed by atoms with Gasteiger partial charge in [-0.3, -0.25) is 0 Å². The first-order valence-corrected chi connectivity index (χ1v) is 6.20. The smallest absolute Gasteiger partial charge is 0.340 e. The van der Waals surface area contributed by atoms with Gasteiger partial charge in [0.25, 0.3) is 0 Å². The van der Waals surface area contributed by atoms with E-state index in [-0.39, 0.29) is 5.97 Å². The van der Waals surface area contributed by atoms with Crippen LogP contribution in [0.25, 0.3) is 10.9 Å². The Morgan fingerprint density at radius 3 is 2.95 bits per heavy atom. The Bertz CT molecular complexity index is 613. The minimum Gasteiger partial charge on any atom is -0.490 e. The number of carbonyl (C=O) groups excluding carboxylic acids is 1. The number of ether oxygens (including phenoxy) is 2. The largest absolute Gasteiger partial charge is 0.490 e. The molecule has 0 aliphatic carbocycles. The molecule has 2 aromatic rings. The van der Waals surface area contributed by atoms with Gasteiger partial charge in [0.1, 0.15) is 12.4 Å². The second-order valence-electron chi connectivity index (χ2n) is 4.15. The molecule has 0 aliphatic heterocycles. The summed E-state index contributed by atoms with van der Waals surface area (Å²) in [6, 6.07) is 5.59. The molecule has 0 amide bonds. The van der Waals surface area contributed by atoms with E-state index < -0.39 is 0 Å². The number of H-pyrrole nitrogens is 1. The lowest BCUT2D eigenvalue weighted by atomic mass is 10.1. The van der Waals surface area contributed by atoms with Gasteiger partial charge in [-0.2, -0.15) is 0 Å². The van der Waals surface area contributed by atoms with Crippen LogP contribution in [0.4, 0.5) is 0 Å². The second kappa shape index (κ2) is 5.61. The molecule has 4 nitrogen and oxygen atoms in total. The molecule has 0 unspecified atom stereocenters. The van der Waals surface area contributed by atoms with E-state index in [9.17, 15) is 4.79 Å². The van der Waals surface area contributed by atoms with Gasteiger partial charge in [0.15, 0.2) is 0 Å². The van der Waals surface area contributed by atoms with Crippen molar-refractivity contribution in [3.63, 3.8) is 0 Å². The lowest BCUT2D eigenvalue weighted by molar-refractivity contribution is 0.0528. The Labute approximate surface area is 112 Å². The minimum absolute atomic E-state index is 0.313. The van der Waals surface area contributed by atoms with E-state index in [1.165, 1.54) is 0 Å². The van der Waals surface area contributed by atoms with E-state index in [0.29, 0.717) is 24.5 Å². The van der Waals surface area contributed by atoms with Crippen LogP contribution in [0.3, 0.4) is 0 Å².